The van der Waals surface area contributed by atoms with E-state index in [2.05, 4.69) is 25.3 Å². The van der Waals surface area contributed by atoms with E-state index in [1.54, 1.807) is 22.8 Å². The average Bonchev–Trinajstić information content (AvgIpc) is 3.51. The normalized spacial score (nSPS) is 28.5. The molecule has 1 aromatic carbocycles. The predicted octanol–water partition coefficient (Wildman–Crippen LogP) is 3.54. The van der Waals surface area contributed by atoms with Crippen LogP contribution in [-0.4, -0.2) is 84.4 Å². The van der Waals surface area contributed by atoms with Crippen molar-refractivity contribution in [1.29, 1.82) is 0 Å². The molecule has 0 saturated carbocycles. The summed E-state index contributed by atoms with van der Waals surface area (Å²) in [6, 6.07) is 7.01. The number of anilines is 2. The third-order valence-corrected chi connectivity index (χ3v) is 8.98. The minimum absolute atomic E-state index is 0.0753. The molecule has 1 N–H and O–H groups in total. The quantitative estimate of drug-likeness (QED) is 0.213. The Bertz CT molecular complexity index is 1090. The molecular weight excluding hydrogens is 510 g/mol. The standard InChI is InChI=1S/C31H45N3O6/c1-6-19-33(23-15-13-22(14-16-23)32(7-2)8-3)28(37)26-31-18-17-30(5,40-31)25(29(38)39-9-4)24(31)27(36)34(26)20-11-10-12-21-35/h6,13-16,24-26,35H,1,7-12,17-21H2,2-5H3/t24-,25-,26?,30+,31?/m0/s1. The molecule has 2 bridgehead atoms. The second-order valence-corrected chi connectivity index (χ2v) is 11.2. The lowest BCUT2D eigenvalue weighted by molar-refractivity contribution is -0.159. The number of hydrogen-bond donors (Lipinski definition) is 1. The molecule has 2 amide bonds. The Balaban J connectivity index is 1.73. The van der Waals surface area contributed by atoms with E-state index in [4.69, 9.17) is 9.47 Å². The van der Waals surface area contributed by atoms with Crippen LogP contribution in [0.25, 0.3) is 0 Å². The molecule has 0 radical (unpaired) electrons. The molecular formula is C31H45N3O6. The first-order valence-electron chi connectivity index (χ1n) is 14.8. The van der Waals surface area contributed by atoms with Crippen LogP contribution in [0.2, 0.25) is 0 Å². The van der Waals surface area contributed by atoms with Gasteiger partial charge in [-0.25, -0.2) is 0 Å². The molecule has 2 unspecified atom stereocenters. The van der Waals surface area contributed by atoms with Crippen LogP contribution in [0.1, 0.15) is 59.8 Å². The van der Waals surface area contributed by atoms with Crippen LogP contribution in [-0.2, 0) is 23.9 Å². The summed E-state index contributed by atoms with van der Waals surface area (Å²) in [6.45, 7) is 14.4. The number of carbonyl (C=O) groups is 3. The molecule has 1 spiro atoms. The van der Waals surface area contributed by atoms with Crippen molar-refractivity contribution in [3.63, 3.8) is 0 Å². The van der Waals surface area contributed by atoms with E-state index in [0.29, 0.717) is 37.9 Å². The molecule has 4 rings (SSSR count). The summed E-state index contributed by atoms with van der Waals surface area (Å²) in [5.74, 6) is -2.42. The maximum Gasteiger partial charge on any atom is 0.312 e. The highest BCUT2D eigenvalue weighted by atomic mass is 16.6. The van der Waals surface area contributed by atoms with Gasteiger partial charge in [-0.15, -0.1) is 6.58 Å². The first-order chi connectivity index (χ1) is 19.2. The number of aliphatic hydroxyl groups excluding tert-OH is 1. The van der Waals surface area contributed by atoms with E-state index in [9.17, 15) is 19.5 Å². The van der Waals surface area contributed by atoms with E-state index in [0.717, 1.165) is 25.2 Å². The van der Waals surface area contributed by atoms with Gasteiger partial charge in [-0.3, -0.25) is 14.4 Å². The average molecular weight is 556 g/mol. The Morgan fingerprint density at radius 1 is 1.12 bits per heavy atom. The summed E-state index contributed by atoms with van der Waals surface area (Å²) >= 11 is 0. The highest BCUT2D eigenvalue weighted by Crippen LogP contribution is 2.63. The number of ether oxygens (including phenoxy) is 2. The van der Waals surface area contributed by atoms with Crippen molar-refractivity contribution in [2.45, 2.75) is 77.0 Å². The molecule has 9 nitrogen and oxygen atoms in total. The molecule has 3 aliphatic heterocycles. The molecule has 5 atom stereocenters. The fourth-order valence-electron chi connectivity index (χ4n) is 7.14. The van der Waals surface area contributed by atoms with Gasteiger partial charge in [-0.05, 0) is 84.1 Å². The highest BCUT2D eigenvalue weighted by molar-refractivity contribution is 6.05. The van der Waals surface area contributed by atoms with Gasteiger partial charge in [0, 0.05) is 44.2 Å². The number of rotatable bonds is 14. The third kappa shape index (κ3) is 5.02. The summed E-state index contributed by atoms with van der Waals surface area (Å²) in [5, 5.41) is 9.26. The van der Waals surface area contributed by atoms with Crippen LogP contribution in [0.4, 0.5) is 11.4 Å². The number of benzene rings is 1. The van der Waals surface area contributed by atoms with Gasteiger partial charge in [0.1, 0.15) is 17.6 Å². The number of esters is 1. The van der Waals surface area contributed by atoms with Crippen LogP contribution in [0, 0.1) is 11.8 Å². The number of unbranched alkanes of at least 4 members (excludes halogenated alkanes) is 2. The Labute approximate surface area is 238 Å². The molecule has 1 aromatic rings. The first kappa shape index (κ1) is 30.1. The third-order valence-electron chi connectivity index (χ3n) is 8.98. The fraction of sp³-hybridized carbons (Fsp3) is 0.645. The molecule has 220 valence electrons. The van der Waals surface area contributed by atoms with Crippen LogP contribution >= 0.6 is 0 Å². The highest BCUT2D eigenvalue weighted by Gasteiger charge is 2.78. The second-order valence-electron chi connectivity index (χ2n) is 11.2. The summed E-state index contributed by atoms with van der Waals surface area (Å²) in [7, 11) is 0. The monoisotopic (exact) mass is 555 g/mol. The predicted molar refractivity (Wildman–Crippen MR) is 154 cm³/mol. The molecule has 3 fully saturated rings. The number of carbonyl (C=O) groups excluding carboxylic acids is 3. The zero-order valence-corrected chi connectivity index (χ0v) is 24.4. The topological polar surface area (TPSA) is 99.6 Å². The SMILES string of the molecule is C=CCN(C(=O)C1N(CCCCCO)C(=O)[C@@H]2[C@@H](C(=O)OCC)[C@@]3(C)CCC12O3)c1ccc(N(CC)CC)cc1. The fourth-order valence-corrected chi connectivity index (χ4v) is 7.14. The molecule has 40 heavy (non-hydrogen) atoms. The number of likely N-dealkylation sites (tertiary alicyclic amines) is 1. The van der Waals surface area contributed by atoms with Gasteiger partial charge in [0.25, 0.3) is 5.91 Å². The van der Waals surface area contributed by atoms with Crippen LogP contribution in [0.15, 0.2) is 36.9 Å². The molecule has 0 aromatic heterocycles. The Kier molecular flexibility index (Phi) is 9.25. The zero-order valence-electron chi connectivity index (χ0n) is 24.4. The van der Waals surface area contributed by atoms with Crippen molar-refractivity contribution in [1.82, 2.24) is 4.90 Å². The van der Waals surface area contributed by atoms with Crippen molar-refractivity contribution < 1.29 is 29.0 Å². The second kappa shape index (κ2) is 12.3. The number of nitrogens with zero attached hydrogens (tertiary/aromatic N) is 3. The number of amides is 2. The van der Waals surface area contributed by atoms with Crippen molar-refractivity contribution in [2.24, 2.45) is 11.8 Å². The lowest BCUT2D eigenvalue weighted by atomic mass is 9.66. The van der Waals surface area contributed by atoms with Crippen molar-refractivity contribution >= 4 is 29.2 Å². The van der Waals surface area contributed by atoms with Crippen molar-refractivity contribution in [2.75, 3.05) is 49.2 Å². The Hall–Kier alpha value is -2.91. The maximum absolute atomic E-state index is 14.6. The smallest absolute Gasteiger partial charge is 0.312 e. The number of aliphatic hydroxyl groups is 1. The minimum Gasteiger partial charge on any atom is -0.466 e. The molecule has 9 heteroatoms. The van der Waals surface area contributed by atoms with Gasteiger partial charge in [0.15, 0.2) is 0 Å². The largest absolute Gasteiger partial charge is 0.466 e. The van der Waals surface area contributed by atoms with E-state index in [1.165, 1.54) is 0 Å². The van der Waals surface area contributed by atoms with Gasteiger partial charge in [-0.2, -0.15) is 0 Å². The lowest BCUT2D eigenvalue weighted by Crippen LogP contribution is -2.56. The van der Waals surface area contributed by atoms with Gasteiger partial charge in [0.2, 0.25) is 5.91 Å². The minimum atomic E-state index is -1.10. The summed E-state index contributed by atoms with van der Waals surface area (Å²) < 4.78 is 12.1. The van der Waals surface area contributed by atoms with Gasteiger partial charge in [0.05, 0.1) is 18.1 Å². The van der Waals surface area contributed by atoms with Crippen molar-refractivity contribution in [3.05, 3.63) is 36.9 Å². The zero-order chi connectivity index (χ0) is 29.1. The van der Waals surface area contributed by atoms with E-state index >= 15 is 0 Å². The Morgan fingerprint density at radius 2 is 1.80 bits per heavy atom. The van der Waals surface area contributed by atoms with Gasteiger partial charge < -0.3 is 29.3 Å². The van der Waals surface area contributed by atoms with Crippen molar-refractivity contribution in [3.8, 4) is 0 Å². The van der Waals surface area contributed by atoms with E-state index in [-0.39, 0.29) is 31.6 Å². The maximum atomic E-state index is 14.6. The molecule has 3 aliphatic rings. The van der Waals surface area contributed by atoms with Gasteiger partial charge in [-0.1, -0.05) is 6.08 Å². The number of fused-ring (bicyclic) bond motifs is 1. The summed E-state index contributed by atoms with van der Waals surface area (Å²) in [4.78, 5) is 47.4. The van der Waals surface area contributed by atoms with Crippen LogP contribution < -0.4 is 9.80 Å². The molecule has 3 saturated heterocycles. The molecule has 0 aliphatic carbocycles. The lowest BCUT2D eigenvalue weighted by Gasteiger charge is -2.37. The van der Waals surface area contributed by atoms with Gasteiger partial charge >= 0.3 is 5.97 Å². The summed E-state index contributed by atoms with van der Waals surface area (Å²) in [5.41, 5.74) is -0.169. The molecule has 3 heterocycles. The Morgan fingerprint density at radius 3 is 2.40 bits per heavy atom. The summed E-state index contributed by atoms with van der Waals surface area (Å²) in [6.07, 6.45) is 4.76. The van der Waals surface area contributed by atoms with Crippen LogP contribution in [0.5, 0.6) is 0 Å². The van der Waals surface area contributed by atoms with E-state index in [1.807, 2.05) is 31.2 Å². The van der Waals surface area contributed by atoms with E-state index < -0.39 is 35.0 Å². The first-order valence-corrected chi connectivity index (χ1v) is 14.8. The number of hydrogen-bond acceptors (Lipinski definition) is 7. The van der Waals surface area contributed by atoms with Crippen LogP contribution in [0.3, 0.4) is 0 Å².